The Bertz CT molecular complexity index is 919. The Kier molecular flexibility index (Phi) is 4.25. The maximum absolute atomic E-state index is 12.5. The van der Waals surface area contributed by atoms with E-state index in [0.29, 0.717) is 5.69 Å². The Morgan fingerprint density at radius 3 is 2.71 bits per heavy atom. The summed E-state index contributed by atoms with van der Waals surface area (Å²) in [4.78, 5) is 25.6. The molecular weight excluding hydrogens is 312 g/mol. The first-order valence-electron chi connectivity index (χ1n) is 7.03. The molecule has 1 amide bonds. The van der Waals surface area contributed by atoms with Gasteiger partial charge in [0.2, 0.25) is 5.91 Å². The molecule has 8 heteroatoms. The lowest BCUT2D eigenvalue weighted by Crippen LogP contribution is -2.36. The zero-order valence-electron chi connectivity index (χ0n) is 12.5. The number of aromatic nitrogens is 2. The molecule has 0 N–H and O–H groups in total. The van der Waals surface area contributed by atoms with Crippen molar-refractivity contribution >= 4 is 11.6 Å². The van der Waals surface area contributed by atoms with E-state index in [0.717, 1.165) is 4.68 Å². The van der Waals surface area contributed by atoms with E-state index in [4.69, 9.17) is 14.1 Å². The fourth-order valence-electron chi connectivity index (χ4n) is 2.12. The second-order valence-electron chi connectivity index (χ2n) is 4.78. The SMILES string of the molecule is N#CCN(C(=O)Cn1nc(-c2ccco2)oc1=O)c1ccccc1. The molecule has 2 heterocycles. The Labute approximate surface area is 136 Å². The van der Waals surface area contributed by atoms with Crippen LogP contribution < -0.4 is 10.7 Å². The van der Waals surface area contributed by atoms with Crippen LogP contribution in [0.25, 0.3) is 11.7 Å². The number of nitrogens with zero attached hydrogens (tertiary/aromatic N) is 4. The fraction of sp³-hybridized carbons (Fsp3) is 0.125. The number of hydrogen-bond donors (Lipinski definition) is 0. The van der Waals surface area contributed by atoms with Crippen LogP contribution >= 0.6 is 0 Å². The molecule has 0 saturated carbocycles. The molecular formula is C16H12N4O4. The summed E-state index contributed by atoms with van der Waals surface area (Å²) < 4.78 is 11.0. The van der Waals surface area contributed by atoms with Gasteiger partial charge in [0.1, 0.15) is 13.1 Å². The predicted molar refractivity (Wildman–Crippen MR) is 82.9 cm³/mol. The summed E-state index contributed by atoms with van der Waals surface area (Å²) in [5.41, 5.74) is 0.562. The third kappa shape index (κ3) is 3.10. The predicted octanol–water partition coefficient (Wildman–Crippen LogP) is 1.65. The molecule has 1 aromatic carbocycles. The van der Waals surface area contributed by atoms with Gasteiger partial charge >= 0.3 is 5.76 Å². The number of anilines is 1. The quantitative estimate of drug-likeness (QED) is 0.661. The molecule has 0 aliphatic rings. The van der Waals surface area contributed by atoms with Crippen LogP contribution in [-0.4, -0.2) is 22.2 Å². The number of benzene rings is 1. The molecule has 120 valence electrons. The van der Waals surface area contributed by atoms with Crippen molar-refractivity contribution in [2.45, 2.75) is 6.54 Å². The van der Waals surface area contributed by atoms with Gasteiger partial charge in [0.15, 0.2) is 5.76 Å². The molecule has 0 radical (unpaired) electrons. The van der Waals surface area contributed by atoms with Crippen molar-refractivity contribution in [2.75, 3.05) is 11.4 Å². The van der Waals surface area contributed by atoms with Gasteiger partial charge in [0.25, 0.3) is 5.89 Å². The second-order valence-corrected chi connectivity index (χ2v) is 4.78. The van der Waals surface area contributed by atoms with E-state index in [1.165, 1.54) is 11.2 Å². The van der Waals surface area contributed by atoms with E-state index < -0.39 is 11.7 Å². The van der Waals surface area contributed by atoms with Gasteiger partial charge in [0.05, 0.1) is 12.3 Å². The number of rotatable bonds is 5. The Hall–Kier alpha value is -3.60. The lowest BCUT2D eigenvalue weighted by atomic mass is 10.3. The van der Waals surface area contributed by atoms with Crippen LogP contribution in [0.5, 0.6) is 0 Å². The minimum Gasteiger partial charge on any atom is -0.459 e. The molecule has 3 aromatic rings. The normalized spacial score (nSPS) is 10.3. The molecule has 3 rings (SSSR count). The Morgan fingerprint density at radius 1 is 1.25 bits per heavy atom. The largest absolute Gasteiger partial charge is 0.459 e. The summed E-state index contributed by atoms with van der Waals surface area (Å²) in [6.07, 6.45) is 1.42. The minimum absolute atomic E-state index is 0.00987. The highest BCUT2D eigenvalue weighted by molar-refractivity contribution is 5.93. The van der Waals surface area contributed by atoms with Crippen molar-refractivity contribution in [3.63, 3.8) is 0 Å². The van der Waals surface area contributed by atoms with Gasteiger partial charge in [-0.25, -0.2) is 4.79 Å². The highest BCUT2D eigenvalue weighted by Crippen LogP contribution is 2.16. The number of carbonyl (C=O) groups is 1. The number of amides is 1. The van der Waals surface area contributed by atoms with Crippen LogP contribution in [0.3, 0.4) is 0 Å². The molecule has 0 atom stereocenters. The van der Waals surface area contributed by atoms with E-state index in [-0.39, 0.29) is 24.7 Å². The zero-order chi connectivity index (χ0) is 16.9. The first kappa shape index (κ1) is 15.3. The van der Waals surface area contributed by atoms with E-state index in [9.17, 15) is 9.59 Å². The Balaban J connectivity index is 1.83. The monoisotopic (exact) mass is 324 g/mol. The van der Waals surface area contributed by atoms with Gasteiger partial charge in [0, 0.05) is 5.69 Å². The third-order valence-corrected chi connectivity index (χ3v) is 3.22. The maximum atomic E-state index is 12.5. The summed E-state index contributed by atoms with van der Waals surface area (Å²) in [7, 11) is 0. The van der Waals surface area contributed by atoms with Gasteiger partial charge in [-0.3, -0.25) is 9.69 Å². The average Bonchev–Trinajstić information content (AvgIpc) is 3.24. The van der Waals surface area contributed by atoms with Crippen LogP contribution in [0, 0.1) is 11.3 Å². The summed E-state index contributed by atoms with van der Waals surface area (Å²) in [6.45, 7) is -0.486. The summed E-state index contributed by atoms with van der Waals surface area (Å²) in [5, 5.41) is 12.9. The molecule has 0 bridgehead atoms. The number of hydrogen-bond acceptors (Lipinski definition) is 6. The Morgan fingerprint density at radius 2 is 2.04 bits per heavy atom. The van der Waals surface area contributed by atoms with E-state index >= 15 is 0 Å². The van der Waals surface area contributed by atoms with Crippen molar-refractivity contribution in [3.8, 4) is 17.7 Å². The summed E-state index contributed by atoms with van der Waals surface area (Å²) in [5.74, 6) is -0.955. The van der Waals surface area contributed by atoms with Crippen molar-refractivity contribution in [2.24, 2.45) is 0 Å². The van der Waals surface area contributed by atoms with E-state index in [1.54, 1.807) is 42.5 Å². The van der Waals surface area contributed by atoms with Gasteiger partial charge < -0.3 is 8.83 Å². The molecule has 0 unspecified atom stereocenters. The smallest absolute Gasteiger partial charge is 0.437 e. The molecule has 24 heavy (non-hydrogen) atoms. The average molecular weight is 324 g/mol. The number of nitriles is 1. The van der Waals surface area contributed by atoms with E-state index in [2.05, 4.69) is 5.10 Å². The van der Waals surface area contributed by atoms with E-state index in [1.807, 2.05) is 6.07 Å². The van der Waals surface area contributed by atoms with Gasteiger partial charge in [-0.1, -0.05) is 18.2 Å². The fourth-order valence-corrected chi connectivity index (χ4v) is 2.12. The first-order chi connectivity index (χ1) is 11.7. The highest BCUT2D eigenvalue weighted by atomic mass is 16.4. The van der Waals surface area contributed by atoms with Crippen LogP contribution in [0.4, 0.5) is 5.69 Å². The molecule has 0 aliphatic heterocycles. The van der Waals surface area contributed by atoms with Gasteiger partial charge in [-0.15, -0.1) is 5.10 Å². The van der Waals surface area contributed by atoms with Crippen molar-refractivity contribution in [1.29, 1.82) is 5.26 Å². The standard InChI is InChI=1S/C16H12N4O4/c17-8-9-19(12-5-2-1-3-6-12)14(21)11-20-16(22)24-15(18-20)13-7-4-10-23-13/h1-7,10H,9,11H2. The number of furan rings is 1. The van der Waals surface area contributed by atoms with Crippen molar-refractivity contribution in [3.05, 3.63) is 59.3 Å². The molecule has 0 spiro atoms. The lowest BCUT2D eigenvalue weighted by Gasteiger charge is -2.19. The minimum atomic E-state index is -0.778. The number of para-hydroxylation sites is 1. The van der Waals surface area contributed by atoms with Gasteiger partial charge in [-0.05, 0) is 24.3 Å². The second kappa shape index (κ2) is 6.66. The highest BCUT2D eigenvalue weighted by Gasteiger charge is 2.20. The molecule has 0 fully saturated rings. The molecule has 2 aromatic heterocycles. The van der Waals surface area contributed by atoms with Crippen LogP contribution in [0.15, 0.2) is 62.4 Å². The van der Waals surface area contributed by atoms with Crippen molar-refractivity contribution in [1.82, 2.24) is 9.78 Å². The molecule has 0 saturated heterocycles. The summed E-state index contributed by atoms with van der Waals surface area (Å²) in [6, 6.07) is 13.9. The zero-order valence-corrected chi connectivity index (χ0v) is 12.5. The number of carbonyl (C=O) groups excluding carboxylic acids is 1. The van der Waals surface area contributed by atoms with Crippen molar-refractivity contribution < 1.29 is 13.6 Å². The summed E-state index contributed by atoms with van der Waals surface area (Å²) >= 11 is 0. The lowest BCUT2D eigenvalue weighted by molar-refractivity contribution is -0.119. The topological polar surface area (TPSA) is 105 Å². The van der Waals surface area contributed by atoms with Gasteiger partial charge in [-0.2, -0.15) is 9.94 Å². The molecule has 0 aliphatic carbocycles. The van der Waals surface area contributed by atoms with Crippen LogP contribution in [0.2, 0.25) is 0 Å². The van der Waals surface area contributed by atoms with Crippen LogP contribution in [0.1, 0.15) is 0 Å². The maximum Gasteiger partial charge on any atom is 0.437 e. The molecule has 8 nitrogen and oxygen atoms in total. The third-order valence-electron chi connectivity index (χ3n) is 3.22. The first-order valence-corrected chi connectivity index (χ1v) is 7.03. The van der Waals surface area contributed by atoms with Crippen LogP contribution in [-0.2, 0) is 11.3 Å².